The highest BCUT2D eigenvalue weighted by molar-refractivity contribution is 7.11. The lowest BCUT2D eigenvalue weighted by atomic mass is 10.4. The Balaban J connectivity index is 2.19. The van der Waals surface area contributed by atoms with Gasteiger partial charge >= 0.3 is 6.03 Å². The van der Waals surface area contributed by atoms with Gasteiger partial charge in [-0.1, -0.05) is 0 Å². The van der Waals surface area contributed by atoms with Gasteiger partial charge in [-0.2, -0.15) is 0 Å². The first-order valence-corrected chi connectivity index (χ1v) is 5.85. The molecule has 0 unspecified atom stereocenters. The topological polar surface area (TPSA) is 54.0 Å². The Bertz CT molecular complexity index is 322. The fraction of sp³-hybridized carbons (Fsp3) is 0.600. The number of rotatable bonds is 4. The molecule has 5 heteroatoms. The number of urea groups is 1. The number of aromatic nitrogens is 1. The zero-order valence-corrected chi connectivity index (χ0v) is 10.1. The molecular weight excluding hydrogens is 210 g/mol. The zero-order chi connectivity index (χ0) is 11.3. The van der Waals surface area contributed by atoms with Crippen LogP contribution in [0.15, 0.2) is 6.20 Å². The van der Waals surface area contributed by atoms with Crippen LogP contribution in [-0.2, 0) is 6.42 Å². The van der Waals surface area contributed by atoms with Gasteiger partial charge in [0.15, 0.2) is 0 Å². The van der Waals surface area contributed by atoms with Crippen LogP contribution in [0.2, 0.25) is 0 Å². The van der Waals surface area contributed by atoms with E-state index in [2.05, 4.69) is 15.6 Å². The second kappa shape index (κ2) is 5.70. The molecule has 15 heavy (non-hydrogen) atoms. The molecule has 1 rings (SSSR count). The maximum absolute atomic E-state index is 11.2. The van der Waals surface area contributed by atoms with Crippen molar-refractivity contribution in [2.24, 2.45) is 0 Å². The monoisotopic (exact) mass is 227 g/mol. The van der Waals surface area contributed by atoms with Gasteiger partial charge < -0.3 is 10.6 Å². The smallest absolute Gasteiger partial charge is 0.314 e. The summed E-state index contributed by atoms with van der Waals surface area (Å²) in [6, 6.07) is 0.0712. The molecule has 0 aliphatic rings. The molecule has 0 aliphatic heterocycles. The molecular formula is C10H17N3OS. The molecule has 0 saturated heterocycles. The Labute approximate surface area is 94.1 Å². The lowest BCUT2D eigenvalue weighted by molar-refractivity contribution is 0.238. The summed E-state index contributed by atoms with van der Waals surface area (Å²) < 4.78 is 0. The Hall–Kier alpha value is -1.10. The fourth-order valence-electron chi connectivity index (χ4n) is 1.13. The number of hydrogen-bond donors (Lipinski definition) is 2. The van der Waals surface area contributed by atoms with Crippen LogP contribution >= 0.6 is 11.3 Å². The van der Waals surface area contributed by atoms with Gasteiger partial charge in [0.1, 0.15) is 0 Å². The number of aryl methyl sites for hydroxylation is 1. The van der Waals surface area contributed by atoms with Gasteiger partial charge in [-0.3, -0.25) is 0 Å². The molecule has 2 N–H and O–H groups in total. The third-order valence-corrected chi connectivity index (χ3v) is 2.72. The second-order valence-electron chi connectivity index (χ2n) is 3.65. The summed E-state index contributed by atoms with van der Waals surface area (Å²) in [7, 11) is 0. The van der Waals surface area contributed by atoms with E-state index in [1.165, 1.54) is 4.88 Å². The van der Waals surface area contributed by atoms with Crippen LogP contribution in [0, 0.1) is 6.92 Å². The summed E-state index contributed by atoms with van der Waals surface area (Å²) in [6.45, 7) is 6.51. The Morgan fingerprint density at radius 1 is 1.60 bits per heavy atom. The van der Waals surface area contributed by atoms with Crippen molar-refractivity contribution in [1.82, 2.24) is 15.6 Å². The molecule has 1 heterocycles. The minimum absolute atomic E-state index is 0.105. The van der Waals surface area contributed by atoms with E-state index in [1.54, 1.807) is 11.3 Å². The van der Waals surface area contributed by atoms with Crippen molar-refractivity contribution in [3.05, 3.63) is 16.1 Å². The fourth-order valence-corrected chi connectivity index (χ4v) is 1.93. The maximum Gasteiger partial charge on any atom is 0.314 e. The van der Waals surface area contributed by atoms with Crippen molar-refractivity contribution < 1.29 is 4.79 Å². The van der Waals surface area contributed by atoms with E-state index in [-0.39, 0.29) is 12.1 Å². The highest BCUT2D eigenvalue weighted by Gasteiger charge is 2.02. The van der Waals surface area contributed by atoms with Crippen LogP contribution in [0.25, 0.3) is 0 Å². The predicted octanol–water partition coefficient (Wildman–Crippen LogP) is 1.70. The van der Waals surface area contributed by atoms with Crippen LogP contribution in [0.1, 0.15) is 23.7 Å². The molecule has 0 fully saturated rings. The molecule has 4 nitrogen and oxygen atoms in total. The van der Waals surface area contributed by atoms with Crippen molar-refractivity contribution in [2.45, 2.75) is 33.2 Å². The standard InChI is InChI=1S/C10H17N3OS/c1-7(2)13-10(14)11-5-4-9-6-12-8(3)15-9/h6-7H,4-5H2,1-3H3,(H2,11,13,14). The zero-order valence-electron chi connectivity index (χ0n) is 9.33. The van der Waals surface area contributed by atoms with Crippen molar-refractivity contribution in [3.63, 3.8) is 0 Å². The third kappa shape index (κ3) is 4.78. The average molecular weight is 227 g/mol. The maximum atomic E-state index is 11.2. The van der Waals surface area contributed by atoms with E-state index in [0.717, 1.165) is 11.4 Å². The van der Waals surface area contributed by atoms with E-state index < -0.39 is 0 Å². The highest BCUT2D eigenvalue weighted by Crippen LogP contribution is 2.11. The Kier molecular flexibility index (Phi) is 4.55. The van der Waals surface area contributed by atoms with Gasteiger partial charge in [0.05, 0.1) is 5.01 Å². The molecule has 1 aromatic rings. The van der Waals surface area contributed by atoms with Gasteiger partial charge in [-0.25, -0.2) is 9.78 Å². The van der Waals surface area contributed by atoms with Gasteiger partial charge in [-0.05, 0) is 20.8 Å². The molecule has 0 atom stereocenters. The Morgan fingerprint density at radius 2 is 2.33 bits per heavy atom. The second-order valence-corrected chi connectivity index (χ2v) is 4.97. The minimum atomic E-state index is -0.105. The van der Waals surface area contributed by atoms with Gasteiger partial charge in [0.2, 0.25) is 0 Å². The average Bonchev–Trinajstić information content (AvgIpc) is 2.50. The largest absolute Gasteiger partial charge is 0.338 e. The molecule has 0 aromatic carbocycles. The number of carbonyl (C=O) groups is 1. The number of nitrogens with zero attached hydrogens (tertiary/aromatic N) is 1. The number of hydrogen-bond acceptors (Lipinski definition) is 3. The third-order valence-electron chi connectivity index (χ3n) is 1.75. The molecule has 2 amide bonds. The molecule has 0 aliphatic carbocycles. The van der Waals surface area contributed by atoms with E-state index in [9.17, 15) is 4.79 Å². The molecule has 0 saturated carbocycles. The first kappa shape index (κ1) is 12.0. The number of nitrogens with one attached hydrogen (secondary N) is 2. The normalized spacial score (nSPS) is 10.4. The van der Waals surface area contributed by atoms with Crippen molar-refractivity contribution >= 4 is 17.4 Å². The summed E-state index contributed by atoms with van der Waals surface area (Å²) >= 11 is 1.67. The van der Waals surface area contributed by atoms with Crippen molar-refractivity contribution in [3.8, 4) is 0 Å². The van der Waals surface area contributed by atoms with Crippen molar-refractivity contribution in [1.29, 1.82) is 0 Å². The molecule has 84 valence electrons. The molecule has 1 aromatic heterocycles. The van der Waals surface area contributed by atoms with Crippen LogP contribution in [0.5, 0.6) is 0 Å². The lowest BCUT2D eigenvalue weighted by Crippen LogP contribution is -2.40. The van der Waals surface area contributed by atoms with Gasteiger partial charge in [0.25, 0.3) is 0 Å². The van der Waals surface area contributed by atoms with E-state index in [1.807, 2.05) is 27.0 Å². The SMILES string of the molecule is Cc1ncc(CCNC(=O)NC(C)C)s1. The van der Waals surface area contributed by atoms with E-state index in [4.69, 9.17) is 0 Å². The Morgan fingerprint density at radius 3 is 2.87 bits per heavy atom. The first-order chi connectivity index (χ1) is 7.08. The molecule has 0 bridgehead atoms. The summed E-state index contributed by atoms with van der Waals surface area (Å²) in [5.74, 6) is 0. The number of amides is 2. The minimum Gasteiger partial charge on any atom is -0.338 e. The molecule has 0 radical (unpaired) electrons. The quantitative estimate of drug-likeness (QED) is 0.822. The summed E-state index contributed by atoms with van der Waals surface area (Å²) in [5, 5.41) is 6.64. The predicted molar refractivity (Wildman–Crippen MR) is 62.2 cm³/mol. The van der Waals surface area contributed by atoms with Crippen LogP contribution in [0.3, 0.4) is 0 Å². The van der Waals surface area contributed by atoms with E-state index in [0.29, 0.717) is 6.54 Å². The van der Waals surface area contributed by atoms with Crippen LogP contribution < -0.4 is 10.6 Å². The van der Waals surface area contributed by atoms with Crippen molar-refractivity contribution in [2.75, 3.05) is 6.54 Å². The number of thiazole rings is 1. The summed E-state index contributed by atoms with van der Waals surface area (Å²) in [4.78, 5) is 16.6. The van der Waals surface area contributed by atoms with E-state index >= 15 is 0 Å². The number of carbonyl (C=O) groups excluding carboxylic acids is 1. The van der Waals surface area contributed by atoms with Gasteiger partial charge in [-0.15, -0.1) is 11.3 Å². The first-order valence-electron chi connectivity index (χ1n) is 5.03. The summed E-state index contributed by atoms with van der Waals surface area (Å²) in [6.07, 6.45) is 2.71. The lowest BCUT2D eigenvalue weighted by Gasteiger charge is -2.09. The highest BCUT2D eigenvalue weighted by atomic mass is 32.1. The van der Waals surface area contributed by atoms with Crippen LogP contribution in [-0.4, -0.2) is 23.6 Å². The molecule has 0 spiro atoms. The summed E-state index contributed by atoms with van der Waals surface area (Å²) in [5.41, 5.74) is 0. The van der Waals surface area contributed by atoms with Gasteiger partial charge in [0, 0.05) is 30.1 Å². The van der Waals surface area contributed by atoms with Crippen LogP contribution in [0.4, 0.5) is 4.79 Å².